The number of hydrogen-bond donors (Lipinski definition) is 2. The number of thiophene rings is 1. The molecule has 1 aromatic heterocycles. The Balaban J connectivity index is 1.82. The van der Waals surface area contributed by atoms with Crippen molar-refractivity contribution in [1.29, 1.82) is 0 Å². The monoisotopic (exact) mass is 440 g/mol. The average molecular weight is 440 g/mol. The van der Waals surface area contributed by atoms with E-state index in [1.165, 1.54) is 30.4 Å². The summed E-state index contributed by atoms with van der Waals surface area (Å²) < 4.78 is 33.3. The van der Waals surface area contributed by atoms with E-state index in [4.69, 9.17) is 4.74 Å². The van der Waals surface area contributed by atoms with Gasteiger partial charge in [0, 0.05) is 17.4 Å². The molecule has 0 saturated heterocycles. The SMILES string of the molecule is CC(=O)N[C@@H](CC(=O)OCC(=O)NC(=O)c1ccc(OC(F)F)cc1)c1cccs1. The summed E-state index contributed by atoms with van der Waals surface area (Å²) in [5, 5.41) is 6.44. The summed E-state index contributed by atoms with van der Waals surface area (Å²) in [7, 11) is 0. The minimum atomic E-state index is -2.99. The fraction of sp³-hybridized carbons (Fsp3) is 0.263. The number of imide groups is 1. The van der Waals surface area contributed by atoms with Crippen LogP contribution < -0.4 is 15.4 Å². The first-order valence-corrected chi connectivity index (χ1v) is 9.47. The lowest BCUT2D eigenvalue weighted by atomic mass is 10.1. The minimum Gasteiger partial charge on any atom is -0.455 e. The Labute approximate surface area is 174 Å². The van der Waals surface area contributed by atoms with Crippen LogP contribution in [0.1, 0.15) is 34.6 Å². The third-order valence-electron chi connectivity index (χ3n) is 3.59. The molecule has 0 radical (unpaired) electrons. The van der Waals surface area contributed by atoms with Crippen LogP contribution >= 0.6 is 11.3 Å². The number of esters is 1. The second-order valence-electron chi connectivity index (χ2n) is 5.91. The second-order valence-corrected chi connectivity index (χ2v) is 6.89. The first-order valence-electron chi connectivity index (χ1n) is 8.59. The Morgan fingerprint density at radius 3 is 2.37 bits per heavy atom. The van der Waals surface area contributed by atoms with Crippen LogP contribution in [0.2, 0.25) is 0 Å². The summed E-state index contributed by atoms with van der Waals surface area (Å²) in [6, 6.07) is 7.63. The van der Waals surface area contributed by atoms with Crippen molar-refractivity contribution in [3.63, 3.8) is 0 Å². The molecular weight excluding hydrogens is 422 g/mol. The Morgan fingerprint density at radius 2 is 1.80 bits per heavy atom. The smallest absolute Gasteiger partial charge is 0.387 e. The quantitative estimate of drug-likeness (QED) is 0.580. The highest BCUT2D eigenvalue weighted by molar-refractivity contribution is 7.10. The first-order chi connectivity index (χ1) is 14.2. The zero-order valence-corrected chi connectivity index (χ0v) is 16.5. The standard InChI is InChI=1S/C19H18F2N2O6S/c1-11(24)22-14(15-3-2-8-30-15)9-17(26)28-10-16(25)23-18(27)12-4-6-13(7-5-12)29-19(20)21/h2-8,14,19H,9-10H2,1H3,(H,22,24)(H,23,25,27)/t14-/m0/s1. The fourth-order valence-corrected chi connectivity index (χ4v) is 3.13. The molecule has 1 aromatic carbocycles. The van der Waals surface area contributed by atoms with E-state index in [-0.39, 0.29) is 23.6 Å². The van der Waals surface area contributed by atoms with Gasteiger partial charge in [-0.2, -0.15) is 8.78 Å². The molecule has 0 aliphatic heterocycles. The predicted octanol–water partition coefficient (Wildman–Crippen LogP) is 2.42. The van der Waals surface area contributed by atoms with Gasteiger partial charge in [0.2, 0.25) is 5.91 Å². The number of amides is 3. The number of carbonyl (C=O) groups is 4. The largest absolute Gasteiger partial charge is 0.455 e. The second kappa shape index (κ2) is 11.0. The maximum absolute atomic E-state index is 12.1. The lowest BCUT2D eigenvalue weighted by Gasteiger charge is -2.15. The summed E-state index contributed by atoms with van der Waals surface area (Å²) in [5.41, 5.74) is 0.0275. The topological polar surface area (TPSA) is 111 Å². The lowest BCUT2D eigenvalue weighted by molar-refractivity contribution is -0.149. The molecule has 0 fully saturated rings. The van der Waals surface area contributed by atoms with Gasteiger partial charge in [-0.1, -0.05) is 6.07 Å². The normalized spacial score (nSPS) is 11.5. The fourth-order valence-electron chi connectivity index (χ4n) is 2.35. The molecule has 0 aliphatic rings. The number of nitrogens with one attached hydrogen (secondary N) is 2. The van der Waals surface area contributed by atoms with Gasteiger partial charge in [0.25, 0.3) is 11.8 Å². The minimum absolute atomic E-state index is 0.0275. The van der Waals surface area contributed by atoms with Crippen LogP contribution in [0.3, 0.4) is 0 Å². The van der Waals surface area contributed by atoms with Gasteiger partial charge < -0.3 is 14.8 Å². The van der Waals surface area contributed by atoms with Crippen LogP contribution in [-0.4, -0.2) is 36.9 Å². The van der Waals surface area contributed by atoms with Gasteiger partial charge in [-0.3, -0.25) is 24.5 Å². The van der Waals surface area contributed by atoms with Gasteiger partial charge in [0.1, 0.15) is 5.75 Å². The summed E-state index contributed by atoms with van der Waals surface area (Å²) in [6.07, 6.45) is -0.188. The van der Waals surface area contributed by atoms with Crippen LogP contribution in [-0.2, 0) is 19.1 Å². The van der Waals surface area contributed by atoms with E-state index in [1.54, 1.807) is 17.5 Å². The predicted molar refractivity (Wildman–Crippen MR) is 102 cm³/mol. The van der Waals surface area contributed by atoms with Crippen molar-refractivity contribution in [1.82, 2.24) is 10.6 Å². The van der Waals surface area contributed by atoms with E-state index in [9.17, 15) is 28.0 Å². The van der Waals surface area contributed by atoms with Gasteiger partial charge >= 0.3 is 12.6 Å². The molecule has 0 aliphatic carbocycles. The van der Waals surface area contributed by atoms with E-state index in [0.29, 0.717) is 0 Å². The number of hydrogen-bond acceptors (Lipinski definition) is 7. The maximum Gasteiger partial charge on any atom is 0.387 e. The molecule has 30 heavy (non-hydrogen) atoms. The maximum atomic E-state index is 12.1. The highest BCUT2D eigenvalue weighted by Crippen LogP contribution is 2.22. The number of ether oxygens (including phenoxy) is 2. The van der Waals surface area contributed by atoms with E-state index in [1.807, 2.05) is 5.32 Å². The van der Waals surface area contributed by atoms with Crippen molar-refractivity contribution in [3.05, 3.63) is 52.2 Å². The summed E-state index contributed by atoms with van der Waals surface area (Å²) in [5.74, 6) is -2.86. The van der Waals surface area contributed by atoms with E-state index < -0.39 is 37.0 Å². The molecule has 3 amide bonds. The Kier molecular flexibility index (Phi) is 8.41. The van der Waals surface area contributed by atoms with Gasteiger partial charge in [-0.05, 0) is 35.7 Å². The molecule has 11 heteroatoms. The summed E-state index contributed by atoms with van der Waals surface area (Å²) in [4.78, 5) is 47.9. The highest BCUT2D eigenvalue weighted by Gasteiger charge is 2.20. The van der Waals surface area contributed by atoms with Gasteiger partial charge in [-0.15, -0.1) is 11.3 Å². The molecule has 8 nitrogen and oxygen atoms in total. The number of alkyl halides is 2. The molecular formula is C19H18F2N2O6S. The van der Waals surface area contributed by atoms with Crippen molar-refractivity contribution in [2.24, 2.45) is 0 Å². The van der Waals surface area contributed by atoms with Crippen molar-refractivity contribution in [2.45, 2.75) is 26.0 Å². The third-order valence-corrected chi connectivity index (χ3v) is 4.58. The van der Waals surface area contributed by atoms with E-state index in [0.717, 1.165) is 17.0 Å². The average Bonchev–Trinajstić information content (AvgIpc) is 3.20. The lowest BCUT2D eigenvalue weighted by Crippen LogP contribution is -2.34. The third kappa shape index (κ3) is 7.59. The number of halogens is 2. The van der Waals surface area contributed by atoms with Crippen LogP contribution in [0.5, 0.6) is 5.75 Å². The molecule has 1 atom stereocenters. The summed E-state index contributed by atoms with van der Waals surface area (Å²) >= 11 is 1.35. The van der Waals surface area contributed by atoms with Crippen LogP contribution in [0.25, 0.3) is 0 Å². The van der Waals surface area contributed by atoms with Crippen molar-refractivity contribution in [2.75, 3.05) is 6.61 Å². The zero-order chi connectivity index (χ0) is 22.1. The molecule has 160 valence electrons. The van der Waals surface area contributed by atoms with E-state index in [2.05, 4.69) is 10.1 Å². The molecule has 2 rings (SSSR count). The van der Waals surface area contributed by atoms with Gasteiger partial charge in [0.15, 0.2) is 6.61 Å². The van der Waals surface area contributed by atoms with Crippen molar-refractivity contribution >= 4 is 35.0 Å². The van der Waals surface area contributed by atoms with Gasteiger partial charge in [0.05, 0.1) is 12.5 Å². The van der Waals surface area contributed by atoms with Crippen LogP contribution in [0.15, 0.2) is 41.8 Å². The van der Waals surface area contributed by atoms with E-state index >= 15 is 0 Å². The first kappa shape index (κ1) is 22.9. The van der Waals surface area contributed by atoms with Crippen molar-refractivity contribution < 1.29 is 37.4 Å². The molecule has 2 aromatic rings. The number of benzene rings is 1. The number of carbonyl (C=O) groups excluding carboxylic acids is 4. The highest BCUT2D eigenvalue weighted by atomic mass is 32.1. The van der Waals surface area contributed by atoms with Crippen LogP contribution in [0, 0.1) is 0 Å². The molecule has 1 heterocycles. The molecule has 0 spiro atoms. The zero-order valence-electron chi connectivity index (χ0n) is 15.7. The Morgan fingerprint density at radius 1 is 1.10 bits per heavy atom. The molecule has 0 unspecified atom stereocenters. The molecule has 0 bridgehead atoms. The number of rotatable bonds is 9. The van der Waals surface area contributed by atoms with Crippen LogP contribution in [0.4, 0.5) is 8.78 Å². The Bertz CT molecular complexity index is 887. The van der Waals surface area contributed by atoms with Gasteiger partial charge in [-0.25, -0.2) is 0 Å². The molecule has 0 saturated carbocycles. The Hall–Kier alpha value is -3.34. The van der Waals surface area contributed by atoms with Crippen molar-refractivity contribution in [3.8, 4) is 5.75 Å². The summed E-state index contributed by atoms with van der Waals surface area (Å²) in [6.45, 7) is -2.38. The molecule has 2 N–H and O–H groups in total.